The summed E-state index contributed by atoms with van der Waals surface area (Å²) in [6.07, 6.45) is 2.78. The van der Waals surface area contributed by atoms with E-state index in [1.807, 2.05) is 37.5 Å². The van der Waals surface area contributed by atoms with Crippen molar-refractivity contribution in [3.05, 3.63) is 41.7 Å². The van der Waals surface area contributed by atoms with E-state index in [2.05, 4.69) is 10.5 Å². The van der Waals surface area contributed by atoms with Gasteiger partial charge in [-0.25, -0.2) is 5.43 Å². The Bertz CT molecular complexity index is 597. The summed E-state index contributed by atoms with van der Waals surface area (Å²) < 4.78 is 13.1. The van der Waals surface area contributed by atoms with Crippen LogP contribution in [0.15, 0.2) is 30.5 Å². The van der Waals surface area contributed by atoms with Crippen molar-refractivity contribution in [1.29, 1.82) is 0 Å². The summed E-state index contributed by atoms with van der Waals surface area (Å²) in [5.41, 5.74) is 4.66. The van der Waals surface area contributed by atoms with E-state index in [1.54, 1.807) is 4.68 Å². The van der Waals surface area contributed by atoms with Gasteiger partial charge in [0.2, 0.25) is 0 Å². The third kappa shape index (κ3) is 2.48. The molecule has 2 heterocycles. The molecule has 2 aromatic rings. The normalized spacial score (nSPS) is 15.7. The van der Waals surface area contributed by atoms with Crippen LogP contribution in [-0.4, -0.2) is 23.0 Å². The number of nitrogens with one attached hydrogen (secondary N) is 1. The third-order valence-electron chi connectivity index (χ3n) is 3.30. The van der Waals surface area contributed by atoms with Gasteiger partial charge in [-0.15, -0.1) is 0 Å². The average molecular weight is 274 g/mol. The molecule has 6 heteroatoms. The van der Waals surface area contributed by atoms with E-state index in [1.165, 1.54) is 0 Å². The van der Waals surface area contributed by atoms with E-state index in [9.17, 15) is 0 Å². The number of nitrogens with zero attached hydrogens (tertiary/aromatic N) is 2. The van der Waals surface area contributed by atoms with Gasteiger partial charge in [-0.2, -0.15) is 5.10 Å². The Kier molecular flexibility index (Phi) is 3.58. The second-order valence-electron chi connectivity index (χ2n) is 4.77. The Labute approximate surface area is 117 Å². The van der Waals surface area contributed by atoms with Crippen LogP contribution in [0.5, 0.6) is 11.5 Å². The number of hydrogen-bond acceptors (Lipinski definition) is 5. The lowest BCUT2D eigenvalue weighted by atomic mass is 10.0. The Morgan fingerprint density at radius 1 is 1.25 bits per heavy atom. The van der Waals surface area contributed by atoms with E-state index >= 15 is 0 Å². The first-order valence-electron chi connectivity index (χ1n) is 6.63. The van der Waals surface area contributed by atoms with Gasteiger partial charge in [0.15, 0.2) is 11.5 Å². The largest absolute Gasteiger partial charge is 0.490 e. The van der Waals surface area contributed by atoms with Crippen molar-refractivity contribution in [3.63, 3.8) is 0 Å². The number of nitrogens with two attached hydrogens (primary N) is 1. The number of hydrogen-bond donors (Lipinski definition) is 2. The van der Waals surface area contributed by atoms with E-state index in [0.717, 1.165) is 29.2 Å². The maximum Gasteiger partial charge on any atom is 0.161 e. The van der Waals surface area contributed by atoms with E-state index in [0.29, 0.717) is 13.2 Å². The summed E-state index contributed by atoms with van der Waals surface area (Å²) in [5.74, 6) is 7.22. The fourth-order valence-corrected chi connectivity index (χ4v) is 2.30. The summed E-state index contributed by atoms with van der Waals surface area (Å²) in [7, 11) is 1.88. The minimum absolute atomic E-state index is 0.173. The molecule has 0 spiro atoms. The Hall–Kier alpha value is -2.05. The number of ether oxygens (including phenoxy) is 2. The van der Waals surface area contributed by atoms with Crippen molar-refractivity contribution in [3.8, 4) is 11.5 Å². The van der Waals surface area contributed by atoms with Crippen LogP contribution in [0.3, 0.4) is 0 Å². The first kappa shape index (κ1) is 13.0. The van der Waals surface area contributed by atoms with Gasteiger partial charge in [-0.05, 0) is 23.8 Å². The van der Waals surface area contributed by atoms with E-state index in [-0.39, 0.29) is 6.04 Å². The molecule has 0 amide bonds. The fraction of sp³-hybridized carbons (Fsp3) is 0.357. The zero-order valence-electron chi connectivity index (χ0n) is 11.4. The van der Waals surface area contributed by atoms with Crippen molar-refractivity contribution in [2.45, 2.75) is 12.5 Å². The molecule has 1 aromatic heterocycles. The van der Waals surface area contributed by atoms with E-state index in [4.69, 9.17) is 15.3 Å². The smallest absolute Gasteiger partial charge is 0.161 e. The minimum atomic E-state index is -0.173. The van der Waals surface area contributed by atoms with Crippen molar-refractivity contribution >= 4 is 0 Å². The summed E-state index contributed by atoms with van der Waals surface area (Å²) in [6, 6.07) is 7.62. The predicted octanol–water partition coefficient (Wildman–Crippen LogP) is 1.13. The number of aryl methyl sites for hydroxylation is 1. The molecular formula is C14H18N4O2. The highest BCUT2D eigenvalue weighted by atomic mass is 16.5. The molecule has 1 unspecified atom stereocenters. The third-order valence-corrected chi connectivity index (χ3v) is 3.30. The number of aromatic nitrogens is 2. The molecule has 1 aliphatic rings. The fourth-order valence-electron chi connectivity index (χ4n) is 2.30. The van der Waals surface area contributed by atoms with Gasteiger partial charge in [-0.3, -0.25) is 10.5 Å². The van der Waals surface area contributed by atoms with E-state index < -0.39 is 0 Å². The molecule has 0 radical (unpaired) electrons. The number of hydrazine groups is 1. The average Bonchev–Trinajstić information content (AvgIpc) is 2.75. The van der Waals surface area contributed by atoms with Crippen molar-refractivity contribution in [2.24, 2.45) is 12.9 Å². The molecular weight excluding hydrogens is 256 g/mol. The molecule has 6 nitrogen and oxygen atoms in total. The Morgan fingerprint density at radius 2 is 2.05 bits per heavy atom. The Balaban J connectivity index is 1.94. The maximum atomic E-state index is 5.71. The first-order chi connectivity index (χ1) is 9.78. The first-order valence-corrected chi connectivity index (χ1v) is 6.63. The summed E-state index contributed by atoms with van der Waals surface area (Å²) in [6.45, 7) is 1.35. The summed E-state index contributed by atoms with van der Waals surface area (Å²) in [4.78, 5) is 0. The molecule has 0 saturated heterocycles. The molecule has 0 aliphatic carbocycles. The quantitative estimate of drug-likeness (QED) is 0.648. The zero-order chi connectivity index (χ0) is 13.9. The monoisotopic (exact) mass is 274 g/mol. The molecule has 1 aliphatic heterocycles. The van der Waals surface area contributed by atoms with Crippen molar-refractivity contribution in [2.75, 3.05) is 13.2 Å². The molecule has 3 N–H and O–H groups in total. The van der Waals surface area contributed by atoms with Crippen LogP contribution in [0.4, 0.5) is 0 Å². The SMILES string of the molecule is Cn1ccc(C(NN)c2ccc3c(c2)OCCCO3)n1. The zero-order valence-corrected chi connectivity index (χ0v) is 11.4. The van der Waals surface area contributed by atoms with Gasteiger partial charge >= 0.3 is 0 Å². The van der Waals surface area contributed by atoms with Crippen LogP contribution in [0.25, 0.3) is 0 Å². The lowest BCUT2D eigenvalue weighted by Crippen LogP contribution is -2.29. The molecule has 106 valence electrons. The molecule has 0 bridgehead atoms. The second-order valence-corrected chi connectivity index (χ2v) is 4.77. The van der Waals surface area contributed by atoms with Crippen LogP contribution in [0, 0.1) is 0 Å². The molecule has 20 heavy (non-hydrogen) atoms. The molecule has 3 rings (SSSR count). The van der Waals surface area contributed by atoms with Crippen LogP contribution in [0.1, 0.15) is 23.7 Å². The molecule has 1 atom stereocenters. The number of rotatable bonds is 3. The van der Waals surface area contributed by atoms with Gasteiger partial charge in [0.25, 0.3) is 0 Å². The van der Waals surface area contributed by atoms with Crippen LogP contribution in [0.2, 0.25) is 0 Å². The van der Waals surface area contributed by atoms with Crippen molar-refractivity contribution in [1.82, 2.24) is 15.2 Å². The van der Waals surface area contributed by atoms with Gasteiger partial charge in [0.1, 0.15) is 0 Å². The Morgan fingerprint density at radius 3 is 2.75 bits per heavy atom. The van der Waals surface area contributed by atoms with Crippen molar-refractivity contribution < 1.29 is 9.47 Å². The second kappa shape index (κ2) is 5.52. The van der Waals surface area contributed by atoms with Gasteiger partial charge in [0, 0.05) is 19.7 Å². The molecule has 0 saturated carbocycles. The highest BCUT2D eigenvalue weighted by Gasteiger charge is 2.18. The van der Waals surface area contributed by atoms with Gasteiger partial charge < -0.3 is 9.47 Å². The molecule has 1 aromatic carbocycles. The lowest BCUT2D eigenvalue weighted by Gasteiger charge is -2.16. The van der Waals surface area contributed by atoms with Crippen LogP contribution < -0.4 is 20.7 Å². The topological polar surface area (TPSA) is 74.3 Å². The lowest BCUT2D eigenvalue weighted by molar-refractivity contribution is 0.297. The van der Waals surface area contributed by atoms with Crippen LogP contribution in [-0.2, 0) is 7.05 Å². The molecule has 0 fully saturated rings. The van der Waals surface area contributed by atoms with Gasteiger partial charge in [0.05, 0.1) is 24.9 Å². The minimum Gasteiger partial charge on any atom is -0.490 e. The summed E-state index contributed by atoms with van der Waals surface area (Å²) in [5, 5.41) is 4.39. The summed E-state index contributed by atoms with van der Waals surface area (Å²) >= 11 is 0. The maximum absolute atomic E-state index is 5.71. The standard InChI is InChI=1S/C14H18N4O2/c1-18-6-5-11(17-18)14(16-15)10-3-4-12-13(9-10)20-8-2-7-19-12/h3-6,9,14,16H,2,7-8,15H2,1H3. The highest BCUT2D eigenvalue weighted by molar-refractivity contribution is 5.45. The van der Waals surface area contributed by atoms with Crippen LogP contribution >= 0.6 is 0 Å². The number of fused-ring (bicyclic) bond motifs is 1. The number of benzene rings is 1. The predicted molar refractivity (Wildman–Crippen MR) is 74.4 cm³/mol. The highest BCUT2D eigenvalue weighted by Crippen LogP contribution is 2.33. The van der Waals surface area contributed by atoms with Gasteiger partial charge in [-0.1, -0.05) is 6.07 Å².